The summed E-state index contributed by atoms with van der Waals surface area (Å²) < 4.78 is 20.6. The number of aromatic nitrogens is 1. The molecule has 0 saturated heterocycles. The highest BCUT2D eigenvalue weighted by Gasteiger charge is 2.26. The maximum absolute atomic E-state index is 12.0. The first-order valence-electron chi connectivity index (χ1n) is 6.79. The van der Waals surface area contributed by atoms with Crippen LogP contribution >= 0.6 is 11.3 Å². The summed E-state index contributed by atoms with van der Waals surface area (Å²) in [7, 11) is 0. The first kappa shape index (κ1) is 14.8. The minimum Gasteiger partial charge on any atom is -0.598 e. The molecule has 1 aliphatic heterocycles. The van der Waals surface area contributed by atoms with Gasteiger partial charge >= 0.3 is 0 Å². The first-order chi connectivity index (χ1) is 9.95. The van der Waals surface area contributed by atoms with Gasteiger partial charge in [-0.15, -0.1) is 16.1 Å². The molecule has 4 nitrogen and oxygen atoms in total. The Bertz CT molecular complexity index is 649. The second kappa shape index (κ2) is 5.61. The van der Waals surface area contributed by atoms with Crippen LogP contribution < -0.4 is 9.46 Å². The number of benzene rings is 1. The fourth-order valence-corrected chi connectivity index (χ4v) is 3.65. The lowest BCUT2D eigenvalue weighted by molar-refractivity contribution is 0.298. The van der Waals surface area contributed by atoms with Crippen LogP contribution in [0.25, 0.3) is 10.4 Å². The fourth-order valence-electron chi connectivity index (χ4n) is 2.09. The molecule has 112 valence electrons. The normalized spacial score (nSPS) is 15.0. The number of hydrogen-bond acceptors (Lipinski definition) is 5. The van der Waals surface area contributed by atoms with Crippen molar-refractivity contribution in [1.29, 1.82) is 0 Å². The van der Waals surface area contributed by atoms with Crippen molar-refractivity contribution in [2.45, 2.75) is 38.7 Å². The van der Waals surface area contributed by atoms with E-state index in [0.29, 0.717) is 13.2 Å². The lowest BCUT2D eigenvalue weighted by Crippen LogP contribution is -2.38. The molecule has 0 saturated carbocycles. The zero-order valence-corrected chi connectivity index (χ0v) is 13.9. The predicted octanol–water partition coefficient (Wildman–Crippen LogP) is 3.25. The first-order valence-corrected chi connectivity index (χ1v) is 8.82. The van der Waals surface area contributed by atoms with Crippen LogP contribution in [0.3, 0.4) is 0 Å². The van der Waals surface area contributed by atoms with Crippen LogP contribution in [0.1, 0.15) is 32.0 Å². The molecule has 1 aromatic heterocycles. The van der Waals surface area contributed by atoms with Crippen LogP contribution in [0.4, 0.5) is 0 Å². The van der Waals surface area contributed by atoms with Crippen LogP contribution in [0.2, 0.25) is 0 Å². The topological polar surface area (TPSA) is 57.2 Å². The summed E-state index contributed by atoms with van der Waals surface area (Å²) >= 11 is 0.572. The third-order valence-corrected chi connectivity index (χ3v) is 5.68. The second-order valence-electron chi connectivity index (χ2n) is 5.95. The van der Waals surface area contributed by atoms with Crippen molar-refractivity contribution in [3.8, 4) is 16.2 Å². The fraction of sp³-hybridized carbons (Fsp3) is 0.400. The molecular formula is C15H18N2O2S2. The largest absolute Gasteiger partial charge is 0.598 e. The standard InChI is InChI=1S/C15H18N2O2S2/c1-15(2,3)21(18)17-7-10-4-5-11-13(6-10)19-8-12-14(11)20-9-16-12/h4-6,9,17H,7-8H2,1-3H3. The molecule has 1 aromatic carbocycles. The summed E-state index contributed by atoms with van der Waals surface area (Å²) in [5.74, 6) is 0.882. The van der Waals surface area contributed by atoms with Gasteiger partial charge < -0.3 is 9.29 Å². The van der Waals surface area contributed by atoms with Gasteiger partial charge in [-0.1, -0.05) is 6.07 Å². The molecule has 1 unspecified atom stereocenters. The van der Waals surface area contributed by atoms with Gasteiger partial charge in [0, 0.05) is 16.9 Å². The molecule has 1 N–H and O–H groups in total. The molecule has 3 rings (SSSR count). The van der Waals surface area contributed by atoms with Crippen LogP contribution in [-0.2, 0) is 24.5 Å². The van der Waals surface area contributed by atoms with Crippen LogP contribution in [-0.4, -0.2) is 14.3 Å². The van der Waals surface area contributed by atoms with E-state index < -0.39 is 11.4 Å². The van der Waals surface area contributed by atoms with E-state index in [9.17, 15) is 4.55 Å². The Hall–Kier alpha value is -1.08. The molecule has 0 bridgehead atoms. The van der Waals surface area contributed by atoms with E-state index >= 15 is 0 Å². The monoisotopic (exact) mass is 322 g/mol. The van der Waals surface area contributed by atoms with Crippen LogP contribution in [0.5, 0.6) is 5.75 Å². The van der Waals surface area contributed by atoms with Crippen molar-refractivity contribution in [2.24, 2.45) is 0 Å². The molecule has 1 atom stereocenters. The minimum absolute atomic E-state index is 0.262. The van der Waals surface area contributed by atoms with Crippen molar-refractivity contribution in [2.75, 3.05) is 0 Å². The Morgan fingerprint density at radius 1 is 1.43 bits per heavy atom. The van der Waals surface area contributed by atoms with Crippen molar-refractivity contribution < 1.29 is 9.29 Å². The molecule has 2 heterocycles. The Balaban J connectivity index is 1.76. The summed E-state index contributed by atoms with van der Waals surface area (Å²) in [4.78, 5) is 5.49. The number of rotatable bonds is 3. The lowest BCUT2D eigenvalue weighted by Gasteiger charge is -2.24. The van der Waals surface area contributed by atoms with Crippen LogP contribution in [0.15, 0.2) is 23.7 Å². The third-order valence-electron chi connectivity index (χ3n) is 3.26. The number of fused-ring (bicyclic) bond motifs is 3. The average Bonchev–Trinajstić information content (AvgIpc) is 2.92. The molecule has 2 aromatic rings. The quantitative estimate of drug-likeness (QED) is 0.881. The highest BCUT2D eigenvalue weighted by Crippen LogP contribution is 2.39. The molecule has 21 heavy (non-hydrogen) atoms. The van der Waals surface area contributed by atoms with Crippen molar-refractivity contribution in [3.63, 3.8) is 0 Å². The predicted molar refractivity (Wildman–Crippen MR) is 86.6 cm³/mol. The summed E-state index contributed by atoms with van der Waals surface area (Å²) in [6.07, 6.45) is 0. The summed E-state index contributed by atoms with van der Waals surface area (Å²) in [5.41, 5.74) is 5.02. The summed E-state index contributed by atoms with van der Waals surface area (Å²) in [6.45, 7) is 6.96. The van der Waals surface area contributed by atoms with Crippen molar-refractivity contribution in [3.05, 3.63) is 35.0 Å². The Morgan fingerprint density at radius 2 is 2.24 bits per heavy atom. The van der Waals surface area contributed by atoms with E-state index in [2.05, 4.69) is 15.8 Å². The maximum Gasteiger partial charge on any atom is 0.136 e. The maximum atomic E-state index is 12.0. The highest BCUT2D eigenvalue weighted by atomic mass is 32.2. The van der Waals surface area contributed by atoms with Gasteiger partial charge in [0.25, 0.3) is 0 Å². The van der Waals surface area contributed by atoms with E-state index in [1.165, 1.54) is 4.88 Å². The van der Waals surface area contributed by atoms with Gasteiger partial charge in [0.1, 0.15) is 17.1 Å². The number of hydrogen-bond donors (Lipinski definition) is 1. The Morgan fingerprint density at radius 3 is 3.00 bits per heavy atom. The van der Waals surface area contributed by atoms with Crippen molar-refractivity contribution >= 4 is 22.7 Å². The molecular weight excluding hydrogens is 304 g/mol. The lowest BCUT2D eigenvalue weighted by atomic mass is 10.1. The van der Waals surface area contributed by atoms with Gasteiger partial charge in [0.05, 0.1) is 22.6 Å². The van der Waals surface area contributed by atoms with Gasteiger partial charge in [-0.2, -0.15) is 0 Å². The number of nitrogens with zero attached hydrogens (tertiary/aromatic N) is 1. The molecule has 6 heteroatoms. The molecule has 1 aliphatic rings. The van der Waals surface area contributed by atoms with Gasteiger partial charge in [-0.05, 0) is 38.5 Å². The van der Waals surface area contributed by atoms with E-state index in [1.54, 1.807) is 11.3 Å². The van der Waals surface area contributed by atoms with E-state index in [1.807, 2.05) is 38.4 Å². The van der Waals surface area contributed by atoms with E-state index in [4.69, 9.17) is 4.74 Å². The second-order valence-corrected chi connectivity index (χ2v) is 8.86. The van der Waals surface area contributed by atoms with E-state index in [-0.39, 0.29) is 4.75 Å². The van der Waals surface area contributed by atoms with Gasteiger partial charge in [0.2, 0.25) is 0 Å². The molecule has 0 spiro atoms. The zero-order chi connectivity index (χ0) is 15.0. The molecule has 0 fully saturated rings. The number of nitrogens with one attached hydrogen (secondary N) is 1. The smallest absolute Gasteiger partial charge is 0.136 e. The van der Waals surface area contributed by atoms with E-state index in [0.717, 1.165) is 22.6 Å². The SMILES string of the molecule is CC(C)(C)[S+]([O-])NCc1ccc2c(c1)OCc1ncsc1-2. The summed E-state index contributed by atoms with van der Waals surface area (Å²) in [5, 5.41) is 0. The minimum atomic E-state index is -1.07. The molecule has 0 amide bonds. The Kier molecular flexibility index (Phi) is 3.96. The molecule has 0 radical (unpaired) electrons. The number of ether oxygens (including phenoxy) is 1. The van der Waals surface area contributed by atoms with Gasteiger partial charge in [0.15, 0.2) is 0 Å². The van der Waals surface area contributed by atoms with Crippen molar-refractivity contribution in [1.82, 2.24) is 9.71 Å². The third kappa shape index (κ3) is 3.08. The van der Waals surface area contributed by atoms with Crippen LogP contribution in [0, 0.1) is 0 Å². The summed E-state index contributed by atoms with van der Waals surface area (Å²) in [6, 6.07) is 6.12. The van der Waals surface area contributed by atoms with Gasteiger partial charge in [-0.3, -0.25) is 0 Å². The average molecular weight is 322 g/mol. The highest BCUT2D eigenvalue weighted by molar-refractivity contribution is 7.90. The Labute approximate surface area is 131 Å². The molecule has 0 aliphatic carbocycles. The number of thiazole rings is 1. The van der Waals surface area contributed by atoms with Gasteiger partial charge in [-0.25, -0.2) is 4.98 Å². The zero-order valence-electron chi connectivity index (χ0n) is 12.3.